The number of nitroso groups, excluding NO2 is 1. The summed E-state index contributed by atoms with van der Waals surface area (Å²) in [7, 11) is 0. The fraction of sp³-hybridized carbons (Fsp3) is 0.800. The summed E-state index contributed by atoms with van der Waals surface area (Å²) in [6, 6.07) is 0. The molecule has 0 radical (unpaired) electrons. The minimum atomic E-state index is -0.369. The summed E-state index contributed by atoms with van der Waals surface area (Å²) in [6.07, 6.45) is 1.08. The second-order valence-electron chi connectivity index (χ2n) is 1.66. The van der Waals surface area contributed by atoms with Gasteiger partial charge in [0.15, 0.2) is 6.67 Å². The summed E-state index contributed by atoms with van der Waals surface area (Å²) in [5, 5.41) is 2.43. The molecular weight excluding hydrogens is 136 g/mol. The van der Waals surface area contributed by atoms with Crippen LogP contribution in [-0.2, 0) is 9.63 Å². The van der Waals surface area contributed by atoms with Crippen molar-refractivity contribution in [3.8, 4) is 0 Å². The van der Waals surface area contributed by atoms with Crippen molar-refractivity contribution < 1.29 is 9.63 Å². The molecule has 0 aromatic rings. The van der Waals surface area contributed by atoms with E-state index in [9.17, 15) is 9.70 Å². The average molecular weight is 146 g/mol. The van der Waals surface area contributed by atoms with E-state index in [1.165, 1.54) is 0 Å². The van der Waals surface area contributed by atoms with E-state index in [0.29, 0.717) is 6.42 Å². The van der Waals surface area contributed by atoms with Gasteiger partial charge in [-0.3, -0.25) is 4.79 Å². The Hall–Kier alpha value is -0.970. The Labute approximate surface area is 58.7 Å². The van der Waals surface area contributed by atoms with E-state index in [1.54, 1.807) is 0 Å². The van der Waals surface area contributed by atoms with Crippen LogP contribution in [0.4, 0.5) is 0 Å². The molecule has 0 aromatic heterocycles. The summed E-state index contributed by atoms with van der Waals surface area (Å²) in [4.78, 5) is 24.3. The molecule has 0 aromatic carbocycles. The fourth-order valence-electron chi connectivity index (χ4n) is 0.394. The Morgan fingerprint density at radius 2 is 2.40 bits per heavy atom. The van der Waals surface area contributed by atoms with E-state index >= 15 is 0 Å². The van der Waals surface area contributed by atoms with Crippen LogP contribution in [0.2, 0.25) is 0 Å². The fourth-order valence-corrected chi connectivity index (χ4v) is 0.394. The van der Waals surface area contributed by atoms with E-state index in [4.69, 9.17) is 0 Å². The second-order valence-corrected chi connectivity index (χ2v) is 1.66. The number of carbonyl (C=O) groups is 1. The Bertz CT molecular complexity index is 115. The molecule has 0 heterocycles. The van der Waals surface area contributed by atoms with Crippen molar-refractivity contribution >= 4 is 5.97 Å². The van der Waals surface area contributed by atoms with Crippen LogP contribution in [0.15, 0.2) is 5.18 Å². The molecular formula is C5H10N2O3. The van der Waals surface area contributed by atoms with Crippen LogP contribution in [0.5, 0.6) is 0 Å². The molecule has 0 bridgehead atoms. The number of carbonyl (C=O) groups excluding carboxylic acids is 1. The zero-order chi connectivity index (χ0) is 7.82. The minimum Gasteiger partial charge on any atom is -0.369 e. The van der Waals surface area contributed by atoms with Gasteiger partial charge in [-0.1, -0.05) is 12.1 Å². The number of hydrogen-bond acceptors (Lipinski definition) is 5. The molecule has 0 amide bonds. The number of nitrogens with one attached hydrogen (secondary N) is 1. The minimum absolute atomic E-state index is 0.199. The molecule has 0 spiro atoms. The van der Waals surface area contributed by atoms with Crippen LogP contribution in [-0.4, -0.2) is 12.6 Å². The van der Waals surface area contributed by atoms with Gasteiger partial charge in [-0.15, -0.1) is 10.4 Å². The van der Waals surface area contributed by atoms with Crippen LogP contribution in [0.3, 0.4) is 0 Å². The Morgan fingerprint density at radius 1 is 1.70 bits per heavy atom. The maximum atomic E-state index is 10.5. The van der Waals surface area contributed by atoms with Gasteiger partial charge in [0.1, 0.15) is 0 Å². The smallest absolute Gasteiger partial charge is 0.324 e. The number of hydroxylamine groups is 1. The van der Waals surface area contributed by atoms with E-state index < -0.39 is 0 Å². The third-order valence-electron chi connectivity index (χ3n) is 0.769. The molecule has 1 N–H and O–H groups in total. The summed E-state index contributed by atoms with van der Waals surface area (Å²) in [5.74, 6) is -0.369. The van der Waals surface area contributed by atoms with Gasteiger partial charge in [0.05, 0.1) is 0 Å². The van der Waals surface area contributed by atoms with Gasteiger partial charge in [0.2, 0.25) is 0 Å². The molecule has 0 saturated heterocycles. The lowest BCUT2D eigenvalue weighted by atomic mass is 10.3. The molecule has 0 fully saturated rings. The largest absolute Gasteiger partial charge is 0.369 e. The first-order chi connectivity index (χ1) is 4.81. The van der Waals surface area contributed by atoms with Crippen molar-refractivity contribution in [2.75, 3.05) is 6.67 Å². The van der Waals surface area contributed by atoms with Crippen molar-refractivity contribution in [2.24, 2.45) is 5.18 Å². The molecule has 0 aliphatic heterocycles. The summed E-state index contributed by atoms with van der Waals surface area (Å²) < 4.78 is 0. The molecule has 10 heavy (non-hydrogen) atoms. The van der Waals surface area contributed by atoms with Crippen molar-refractivity contribution in [3.63, 3.8) is 0 Å². The van der Waals surface area contributed by atoms with E-state index in [1.807, 2.05) is 6.92 Å². The van der Waals surface area contributed by atoms with Crippen LogP contribution in [0, 0.1) is 4.91 Å². The second kappa shape index (κ2) is 6.15. The molecule has 0 aliphatic carbocycles. The predicted octanol–water partition coefficient (Wildman–Crippen LogP) is 0.558. The maximum Gasteiger partial charge on any atom is 0.324 e. The lowest BCUT2D eigenvalue weighted by Gasteiger charge is -1.98. The molecule has 5 heteroatoms. The van der Waals surface area contributed by atoms with Crippen molar-refractivity contribution in [2.45, 2.75) is 19.8 Å². The lowest BCUT2D eigenvalue weighted by Crippen LogP contribution is -2.19. The number of hydrogen-bond donors (Lipinski definition) is 1. The van der Waals surface area contributed by atoms with Crippen LogP contribution >= 0.6 is 0 Å². The highest BCUT2D eigenvalue weighted by Crippen LogP contribution is 1.87. The molecule has 5 nitrogen and oxygen atoms in total. The van der Waals surface area contributed by atoms with E-state index in [-0.39, 0.29) is 12.6 Å². The van der Waals surface area contributed by atoms with E-state index in [2.05, 4.69) is 15.5 Å². The standard InChI is InChI=1S/C5H10N2O3/c1-2-3-5(8)10-7-4-6-9/h7H,2-4H2,1H3. The van der Waals surface area contributed by atoms with Crippen LogP contribution < -0.4 is 5.48 Å². The highest BCUT2D eigenvalue weighted by molar-refractivity contribution is 5.68. The van der Waals surface area contributed by atoms with E-state index in [0.717, 1.165) is 6.42 Å². The number of rotatable bonds is 5. The normalized spacial score (nSPS) is 8.90. The highest BCUT2D eigenvalue weighted by Gasteiger charge is 1.98. The summed E-state index contributed by atoms with van der Waals surface area (Å²) >= 11 is 0. The zero-order valence-electron chi connectivity index (χ0n) is 5.79. The highest BCUT2D eigenvalue weighted by atomic mass is 16.7. The third kappa shape index (κ3) is 5.17. The summed E-state index contributed by atoms with van der Waals surface area (Å²) in [5.41, 5.74) is 2.09. The first-order valence-electron chi connectivity index (χ1n) is 3.03. The van der Waals surface area contributed by atoms with Crippen LogP contribution in [0.25, 0.3) is 0 Å². The molecule has 0 aliphatic rings. The first kappa shape index (κ1) is 9.03. The van der Waals surface area contributed by atoms with Crippen molar-refractivity contribution in [1.82, 2.24) is 5.48 Å². The Morgan fingerprint density at radius 3 is 2.90 bits per heavy atom. The molecule has 0 atom stereocenters. The topological polar surface area (TPSA) is 67.8 Å². The van der Waals surface area contributed by atoms with Crippen molar-refractivity contribution in [3.05, 3.63) is 4.91 Å². The third-order valence-corrected chi connectivity index (χ3v) is 0.769. The molecule has 0 saturated carbocycles. The Balaban J connectivity index is 3.13. The van der Waals surface area contributed by atoms with Gasteiger partial charge in [-0.05, 0) is 6.42 Å². The first-order valence-corrected chi connectivity index (χ1v) is 3.03. The summed E-state index contributed by atoms with van der Waals surface area (Å²) in [6.45, 7) is 1.66. The molecule has 0 unspecified atom stereocenters. The predicted molar refractivity (Wildman–Crippen MR) is 34.8 cm³/mol. The number of nitrogens with zero attached hydrogens (tertiary/aromatic N) is 1. The maximum absolute atomic E-state index is 10.5. The van der Waals surface area contributed by atoms with Gasteiger partial charge in [-0.2, -0.15) is 0 Å². The van der Waals surface area contributed by atoms with Gasteiger partial charge < -0.3 is 4.84 Å². The van der Waals surface area contributed by atoms with Gasteiger partial charge in [-0.25, -0.2) is 0 Å². The molecule has 0 rings (SSSR count). The molecule has 58 valence electrons. The quantitative estimate of drug-likeness (QED) is 0.349. The van der Waals surface area contributed by atoms with Crippen molar-refractivity contribution in [1.29, 1.82) is 0 Å². The SMILES string of the molecule is CCCC(=O)ONCN=O. The van der Waals surface area contributed by atoms with Gasteiger partial charge in [0, 0.05) is 6.42 Å². The van der Waals surface area contributed by atoms with Gasteiger partial charge in [0.25, 0.3) is 0 Å². The lowest BCUT2D eigenvalue weighted by molar-refractivity contribution is -0.151. The van der Waals surface area contributed by atoms with Crippen LogP contribution in [0.1, 0.15) is 19.8 Å². The zero-order valence-corrected chi connectivity index (χ0v) is 5.79. The van der Waals surface area contributed by atoms with Gasteiger partial charge >= 0.3 is 5.97 Å². The Kier molecular flexibility index (Phi) is 5.56. The monoisotopic (exact) mass is 146 g/mol. The average Bonchev–Trinajstić information content (AvgIpc) is 1.89.